The van der Waals surface area contributed by atoms with Gasteiger partial charge in [0, 0.05) is 50.9 Å². The van der Waals surface area contributed by atoms with E-state index >= 15 is 0 Å². The molecule has 1 amide bonds. The molecule has 0 bridgehead atoms. The van der Waals surface area contributed by atoms with Crippen LogP contribution in [0.4, 0.5) is 0 Å². The van der Waals surface area contributed by atoms with Gasteiger partial charge in [0.15, 0.2) is 0 Å². The number of hydrogen-bond donors (Lipinski definition) is 1. The first-order valence-electron chi connectivity index (χ1n) is 6.87. The molecule has 5 heteroatoms. The Hall–Kier alpha value is -1.52. The number of rotatable bonds is 3. The second-order valence-electron chi connectivity index (χ2n) is 4.95. The molecule has 1 aromatic carbocycles. The lowest BCUT2D eigenvalue weighted by molar-refractivity contribution is -0.131. The number of amides is 1. The number of hydrogen-bond acceptors (Lipinski definition) is 2. The summed E-state index contributed by atoms with van der Waals surface area (Å²) in [7, 11) is 0. The molecule has 1 saturated heterocycles. The monoisotopic (exact) mass is 293 g/mol. The minimum atomic E-state index is 0. The molecular weight excluding hydrogens is 274 g/mol. The Morgan fingerprint density at radius 1 is 1.15 bits per heavy atom. The minimum Gasteiger partial charge on any atom is -0.347 e. The van der Waals surface area contributed by atoms with Crippen LogP contribution in [-0.4, -0.2) is 41.6 Å². The number of fused-ring (bicyclic) bond motifs is 1. The lowest BCUT2D eigenvalue weighted by Gasteiger charge is -2.27. The zero-order valence-corrected chi connectivity index (χ0v) is 12.2. The summed E-state index contributed by atoms with van der Waals surface area (Å²) >= 11 is 0. The number of aryl methyl sites for hydroxylation is 1. The van der Waals surface area contributed by atoms with Gasteiger partial charge in [0.25, 0.3) is 0 Å². The van der Waals surface area contributed by atoms with Gasteiger partial charge in [0.1, 0.15) is 0 Å². The number of benzene rings is 1. The van der Waals surface area contributed by atoms with Crippen LogP contribution in [0.15, 0.2) is 36.5 Å². The quantitative estimate of drug-likeness (QED) is 0.938. The average Bonchev–Trinajstić information content (AvgIpc) is 2.89. The van der Waals surface area contributed by atoms with Gasteiger partial charge in [-0.25, -0.2) is 0 Å². The summed E-state index contributed by atoms with van der Waals surface area (Å²) in [6, 6.07) is 10.4. The molecule has 1 N–H and O–H groups in total. The van der Waals surface area contributed by atoms with Crippen molar-refractivity contribution in [2.75, 3.05) is 26.2 Å². The molecular formula is C15H20ClN3O. The molecule has 0 saturated carbocycles. The van der Waals surface area contributed by atoms with Crippen LogP contribution in [0.5, 0.6) is 0 Å². The Balaban J connectivity index is 0.00000147. The van der Waals surface area contributed by atoms with Gasteiger partial charge < -0.3 is 14.8 Å². The maximum Gasteiger partial charge on any atom is 0.224 e. The van der Waals surface area contributed by atoms with Crippen molar-refractivity contribution in [1.82, 2.24) is 14.8 Å². The van der Waals surface area contributed by atoms with Gasteiger partial charge in [-0.05, 0) is 17.5 Å². The highest BCUT2D eigenvalue weighted by Gasteiger charge is 2.15. The van der Waals surface area contributed by atoms with E-state index in [1.165, 1.54) is 10.9 Å². The predicted molar refractivity (Wildman–Crippen MR) is 83.3 cm³/mol. The van der Waals surface area contributed by atoms with Crippen LogP contribution in [0.2, 0.25) is 0 Å². The van der Waals surface area contributed by atoms with Crippen LogP contribution >= 0.6 is 12.4 Å². The van der Waals surface area contributed by atoms with Crippen LogP contribution in [0.1, 0.15) is 6.42 Å². The van der Waals surface area contributed by atoms with E-state index in [0.29, 0.717) is 6.42 Å². The fourth-order valence-corrected chi connectivity index (χ4v) is 2.62. The predicted octanol–water partition coefficient (Wildman–Crippen LogP) is 1.88. The molecule has 3 rings (SSSR count). The van der Waals surface area contributed by atoms with Crippen molar-refractivity contribution < 1.29 is 4.79 Å². The van der Waals surface area contributed by atoms with E-state index in [4.69, 9.17) is 0 Å². The Labute approximate surface area is 125 Å². The lowest BCUT2D eigenvalue weighted by Crippen LogP contribution is -2.46. The SMILES string of the molecule is Cl.O=C(CCn1ccc2ccccc21)N1CCNCC1. The van der Waals surface area contributed by atoms with Gasteiger partial charge in [0.05, 0.1) is 0 Å². The second kappa shape index (κ2) is 6.77. The summed E-state index contributed by atoms with van der Waals surface area (Å²) in [5, 5.41) is 4.50. The first-order chi connectivity index (χ1) is 9.34. The highest BCUT2D eigenvalue weighted by molar-refractivity contribution is 5.85. The van der Waals surface area contributed by atoms with Crippen molar-refractivity contribution in [2.45, 2.75) is 13.0 Å². The van der Waals surface area contributed by atoms with E-state index in [1.54, 1.807) is 0 Å². The Morgan fingerprint density at radius 3 is 2.70 bits per heavy atom. The number of carbonyl (C=O) groups is 1. The number of nitrogens with zero attached hydrogens (tertiary/aromatic N) is 2. The Kier molecular flexibility index (Phi) is 5.04. The Morgan fingerprint density at radius 2 is 1.90 bits per heavy atom. The molecule has 108 valence electrons. The average molecular weight is 294 g/mol. The summed E-state index contributed by atoms with van der Waals surface area (Å²) < 4.78 is 2.16. The number of aromatic nitrogens is 1. The standard InChI is InChI=1S/C15H19N3O.ClH/c19-15(18-11-7-16-8-12-18)6-10-17-9-5-13-3-1-2-4-14(13)17;/h1-5,9,16H,6-8,10-12H2;1H. The van der Waals surface area contributed by atoms with E-state index < -0.39 is 0 Å². The number of piperazine rings is 1. The first kappa shape index (κ1) is 14.9. The van der Waals surface area contributed by atoms with Gasteiger partial charge in [-0.2, -0.15) is 0 Å². The molecule has 4 nitrogen and oxygen atoms in total. The van der Waals surface area contributed by atoms with Crippen molar-refractivity contribution in [1.29, 1.82) is 0 Å². The third-order valence-electron chi connectivity index (χ3n) is 3.72. The molecule has 0 unspecified atom stereocenters. The van der Waals surface area contributed by atoms with Crippen LogP contribution in [0.25, 0.3) is 10.9 Å². The summed E-state index contributed by atoms with van der Waals surface area (Å²) in [4.78, 5) is 14.1. The molecule has 0 atom stereocenters. The molecule has 1 aromatic heterocycles. The fraction of sp³-hybridized carbons (Fsp3) is 0.400. The van der Waals surface area contributed by atoms with Gasteiger partial charge >= 0.3 is 0 Å². The molecule has 1 aliphatic heterocycles. The topological polar surface area (TPSA) is 37.3 Å². The molecule has 1 aliphatic rings. The molecule has 1 fully saturated rings. The van der Waals surface area contributed by atoms with E-state index in [0.717, 1.165) is 32.7 Å². The summed E-state index contributed by atoms with van der Waals surface area (Å²) in [5.74, 6) is 0.263. The fourth-order valence-electron chi connectivity index (χ4n) is 2.62. The maximum atomic E-state index is 12.1. The summed E-state index contributed by atoms with van der Waals surface area (Å²) in [6.07, 6.45) is 2.65. The van der Waals surface area contributed by atoms with Crippen LogP contribution < -0.4 is 5.32 Å². The molecule has 0 aliphatic carbocycles. The largest absolute Gasteiger partial charge is 0.347 e. The van der Waals surface area contributed by atoms with E-state index in [9.17, 15) is 4.79 Å². The number of halogens is 1. The third kappa shape index (κ3) is 3.14. The van der Waals surface area contributed by atoms with Gasteiger partial charge in [-0.15, -0.1) is 12.4 Å². The Bertz CT molecular complexity index is 575. The van der Waals surface area contributed by atoms with Crippen LogP contribution in [-0.2, 0) is 11.3 Å². The highest BCUT2D eigenvalue weighted by atomic mass is 35.5. The number of carbonyl (C=O) groups excluding carboxylic acids is 1. The van der Waals surface area contributed by atoms with Crippen LogP contribution in [0, 0.1) is 0 Å². The normalized spacial score (nSPS) is 15.1. The van der Waals surface area contributed by atoms with Crippen LogP contribution in [0.3, 0.4) is 0 Å². The maximum absolute atomic E-state index is 12.1. The first-order valence-corrected chi connectivity index (χ1v) is 6.87. The van der Waals surface area contributed by atoms with Crippen molar-refractivity contribution >= 4 is 29.2 Å². The molecule has 2 aromatic rings. The zero-order chi connectivity index (χ0) is 13.1. The van der Waals surface area contributed by atoms with Crippen molar-refractivity contribution in [3.05, 3.63) is 36.5 Å². The molecule has 20 heavy (non-hydrogen) atoms. The van der Waals surface area contributed by atoms with Gasteiger partial charge in [-0.1, -0.05) is 18.2 Å². The van der Waals surface area contributed by atoms with Crippen molar-refractivity contribution in [2.24, 2.45) is 0 Å². The number of nitrogens with one attached hydrogen (secondary N) is 1. The lowest BCUT2D eigenvalue weighted by atomic mass is 10.2. The van der Waals surface area contributed by atoms with Crippen molar-refractivity contribution in [3.8, 4) is 0 Å². The van der Waals surface area contributed by atoms with E-state index in [-0.39, 0.29) is 18.3 Å². The minimum absolute atomic E-state index is 0. The molecule has 2 heterocycles. The molecule has 0 spiro atoms. The zero-order valence-electron chi connectivity index (χ0n) is 11.4. The van der Waals surface area contributed by atoms with Gasteiger partial charge in [0.2, 0.25) is 5.91 Å². The smallest absolute Gasteiger partial charge is 0.224 e. The summed E-state index contributed by atoms with van der Waals surface area (Å²) in [5.41, 5.74) is 1.20. The summed E-state index contributed by atoms with van der Waals surface area (Å²) in [6.45, 7) is 4.27. The van der Waals surface area contributed by atoms with Crippen molar-refractivity contribution in [3.63, 3.8) is 0 Å². The number of para-hydroxylation sites is 1. The second-order valence-corrected chi connectivity index (χ2v) is 4.95. The molecule has 0 radical (unpaired) electrons. The van der Waals surface area contributed by atoms with Gasteiger partial charge in [-0.3, -0.25) is 4.79 Å². The third-order valence-corrected chi connectivity index (χ3v) is 3.72. The highest BCUT2D eigenvalue weighted by Crippen LogP contribution is 2.15. The van der Waals surface area contributed by atoms with E-state index in [1.807, 2.05) is 17.0 Å². The van der Waals surface area contributed by atoms with E-state index in [2.05, 4.69) is 34.3 Å².